The summed E-state index contributed by atoms with van der Waals surface area (Å²) < 4.78 is 0. The number of likely N-dealkylation sites (tertiary alicyclic amines) is 1. The van der Waals surface area contributed by atoms with Crippen LogP contribution in [0.1, 0.15) is 47.5 Å². The van der Waals surface area contributed by atoms with Gasteiger partial charge < -0.3 is 10.2 Å². The highest BCUT2D eigenvalue weighted by Gasteiger charge is 2.24. The van der Waals surface area contributed by atoms with Crippen molar-refractivity contribution in [3.05, 3.63) is 0 Å². The van der Waals surface area contributed by atoms with Crippen LogP contribution in [0.2, 0.25) is 0 Å². The Morgan fingerprint density at radius 3 is 2.44 bits per heavy atom. The van der Waals surface area contributed by atoms with Crippen molar-refractivity contribution < 1.29 is 0 Å². The Morgan fingerprint density at radius 2 is 1.88 bits per heavy atom. The molecule has 0 aromatic heterocycles. The first kappa shape index (κ1) is 14.0. The van der Waals surface area contributed by atoms with E-state index in [2.05, 4.69) is 44.8 Å². The fourth-order valence-electron chi connectivity index (χ4n) is 2.46. The molecular formula is C14H30N2. The molecule has 1 heterocycles. The molecule has 96 valence electrons. The van der Waals surface area contributed by atoms with Gasteiger partial charge in [0.2, 0.25) is 0 Å². The Kier molecular flexibility index (Phi) is 5.77. The number of rotatable bonds is 5. The maximum absolute atomic E-state index is 3.58. The van der Waals surface area contributed by atoms with Crippen molar-refractivity contribution in [1.82, 2.24) is 10.2 Å². The molecule has 2 nitrogen and oxygen atoms in total. The van der Waals surface area contributed by atoms with Crippen LogP contribution in [0.5, 0.6) is 0 Å². The van der Waals surface area contributed by atoms with Gasteiger partial charge in [0.15, 0.2) is 0 Å². The third-order valence-electron chi connectivity index (χ3n) is 3.91. The Labute approximate surface area is 102 Å². The Bertz CT molecular complexity index is 189. The molecule has 0 radical (unpaired) electrons. The monoisotopic (exact) mass is 226 g/mol. The van der Waals surface area contributed by atoms with E-state index in [9.17, 15) is 0 Å². The van der Waals surface area contributed by atoms with Gasteiger partial charge in [0.05, 0.1) is 0 Å². The molecule has 0 bridgehead atoms. The Hall–Kier alpha value is -0.0800. The summed E-state index contributed by atoms with van der Waals surface area (Å²) >= 11 is 0. The molecule has 2 atom stereocenters. The molecule has 0 aromatic rings. The van der Waals surface area contributed by atoms with Crippen LogP contribution in [0, 0.1) is 11.8 Å². The summed E-state index contributed by atoms with van der Waals surface area (Å²) in [5.41, 5.74) is 0. The van der Waals surface area contributed by atoms with E-state index in [1.165, 1.54) is 32.5 Å². The van der Waals surface area contributed by atoms with Gasteiger partial charge in [-0.3, -0.25) is 0 Å². The molecule has 0 spiro atoms. The molecule has 0 amide bonds. The van der Waals surface area contributed by atoms with Gasteiger partial charge in [-0.05, 0) is 44.7 Å². The molecule has 2 heteroatoms. The number of hydrogen-bond acceptors (Lipinski definition) is 2. The van der Waals surface area contributed by atoms with Crippen LogP contribution in [-0.4, -0.2) is 36.6 Å². The topological polar surface area (TPSA) is 15.3 Å². The zero-order valence-electron chi connectivity index (χ0n) is 11.8. The molecule has 0 aliphatic carbocycles. The SMILES string of the molecule is CC(C)NCC1CCCN(C(C)C(C)C)C1. The summed E-state index contributed by atoms with van der Waals surface area (Å²) in [4.78, 5) is 2.68. The minimum atomic E-state index is 0.623. The largest absolute Gasteiger partial charge is 0.314 e. The second-order valence-electron chi connectivity index (χ2n) is 6.05. The number of hydrogen-bond donors (Lipinski definition) is 1. The lowest BCUT2D eigenvalue weighted by molar-refractivity contribution is 0.104. The average molecular weight is 226 g/mol. The van der Waals surface area contributed by atoms with Crippen molar-refractivity contribution in [3.8, 4) is 0 Å². The van der Waals surface area contributed by atoms with Crippen LogP contribution >= 0.6 is 0 Å². The summed E-state index contributed by atoms with van der Waals surface area (Å²) in [6, 6.07) is 1.36. The van der Waals surface area contributed by atoms with Gasteiger partial charge in [-0.1, -0.05) is 27.7 Å². The van der Waals surface area contributed by atoms with E-state index in [0.717, 1.165) is 17.9 Å². The molecule has 1 N–H and O–H groups in total. The summed E-state index contributed by atoms with van der Waals surface area (Å²) in [5.74, 6) is 1.63. The highest BCUT2D eigenvalue weighted by atomic mass is 15.2. The van der Waals surface area contributed by atoms with Crippen molar-refractivity contribution in [3.63, 3.8) is 0 Å². The molecule has 0 saturated carbocycles. The highest BCUT2D eigenvalue weighted by molar-refractivity contribution is 4.79. The van der Waals surface area contributed by atoms with Crippen molar-refractivity contribution in [2.45, 2.75) is 59.5 Å². The number of nitrogens with one attached hydrogen (secondary N) is 1. The van der Waals surface area contributed by atoms with Crippen molar-refractivity contribution >= 4 is 0 Å². The van der Waals surface area contributed by atoms with Gasteiger partial charge in [-0.25, -0.2) is 0 Å². The lowest BCUT2D eigenvalue weighted by Crippen LogP contribution is -2.46. The average Bonchev–Trinajstić information content (AvgIpc) is 2.25. The molecular weight excluding hydrogens is 196 g/mol. The third-order valence-corrected chi connectivity index (χ3v) is 3.91. The van der Waals surface area contributed by atoms with Crippen LogP contribution in [0.3, 0.4) is 0 Å². The first-order valence-corrected chi connectivity index (χ1v) is 6.98. The van der Waals surface area contributed by atoms with Crippen LogP contribution in [0.15, 0.2) is 0 Å². The van der Waals surface area contributed by atoms with E-state index in [0.29, 0.717) is 6.04 Å². The normalized spacial score (nSPS) is 25.3. The van der Waals surface area contributed by atoms with E-state index < -0.39 is 0 Å². The molecule has 1 fully saturated rings. The molecule has 1 saturated heterocycles. The van der Waals surface area contributed by atoms with Gasteiger partial charge in [0, 0.05) is 18.6 Å². The quantitative estimate of drug-likeness (QED) is 0.775. The van der Waals surface area contributed by atoms with Gasteiger partial charge >= 0.3 is 0 Å². The fourth-order valence-corrected chi connectivity index (χ4v) is 2.46. The van der Waals surface area contributed by atoms with Gasteiger partial charge in [-0.2, -0.15) is 0 Å². The fraction of sp³-hybridized carbons (Fsp3) is 1.00. The molecule has 16 heavy (non-hydrogen) atoms. The first-order valence-electron chi connectivity index (χ1n) is 6.98. The predicted octanol–water partition coefficient (Wildman–Crippen LogP) is 2.74. The van der Waals surface area contributed by atoms with Crippen LogP contribution in [-0.2, 0) is 0 Å². The van der Waals surface area contributed by atoms with Gasteiger partial charge in [0.25, 0.3) is 0 Å². The summed E-state index contributed by atoms with van der Waals surface area (Å²) in [6.07, 6.45) is 2.78. The molecule has 1 aliphatic heterocycles. The first-order chi connectivity index (χ1) is 7.50. The van der Waals surface area contributed by atoms with Crippen LogP contribution < -0.4 is 5.32 Å². The Morgan fingerprint density at radius 1 is 1.19 bits per heavy atom. The van der Waals surface area contributed by atoms with Crippen LogP contribution in [0.25, 0.3) is 0 Å². The number of nitrogens with zero attached hydrogens (tertiary/aromatic N) is 1. The minimum Gasteiger partial charge on any atom is -0.314 e. The summed E-state index contributed by atoms with van der Waals surface area (Å²) in [7, 11) is 0. The van der Waals surface area contributed by atoms with Gasteiger partial charge in [-0.15, -0.1) is 0 Å². The lowest BCUT2D eigenvalue weighted by Gasteiger charge is -2.38. The molecule has 2 unspecified atom stereocenters. The van der Waals surface area contributed by atoms with Gasteiger partial charge in [0.1, 0.15) is 0 Å². The third kappa shape index (κ3) is 4.42. The van der Waals surface area contributed by atoms with Crippen molar-refractivity contribution in [2.24, 2.45) is 11.8 Å². The summed E-state index contributed by atoms with van der Waals surface area (Å²) in [6.45, 7) is 15.3. The molecule has 1 rings (SSSR count). The number of piperidine rings is 1. The summed E-state index contributed by atoms with van der Waals surface area (Å²) in [5, 5.41) is 3.58. The smallest absolute Gasteiger partial charge is 0.00900 e. The Balaban J connectivity index is 2.35. The van der Waals surface area contributed by atoms with Crippen molar-refractivity contribution in [1.29, 1.82) is 0 Å². The maximum Gasteiger partial charge on any atom is 0.00900 e. The van der Waals surface area contributed by atoms with E-state index in [1.807, 2.05) is 0 Å². The standard InChI is InChI=1S/C14H30N2/c1-11(2)13(5)16-8-6-7-14(10-16)9-15-12(3)4/h11-15H,6-10H2,1-5H3. The second-order valence-corrected chi connectivity index (χ2v) is 6.05. The zero-order valence-corrected chi connectivity index (χ0v) is 11.8. The minimum absolute atomic E-state index is 0.623. The molecule has 0 aromatic carbocycles. The second kappa shape index (κ2) is 6.61. The lowest BCUT2D eigenvalue weighted by atomic mass is 9.94. The maximum atomic E-state index is 3.58. The van der Waals surface area contributed by atoms with Crippen LogP contribution in [0.4, 0.5) is 0 Å². The van der Waals surface area contributed by atoms with E-state index in [-0.39, 0.29) is 0 Å². The highest BCUT2D eigenvalue weighted by Crippen LogP contribution is 2.21. The van der Waals surface area contributed by atoms with Crippen molar-refractivity contribution in [2.75, 3.05) is 19.6 Å². The van der Waals surface area contributed by atoms with E-state index >= 15 is 0 Å². The molecule has 1 aliphatic rings. The zero-order chi connectivity index (χ0) is 12.1. The van der Waals surface area contributed by atoms with E-state index in [4.69, 9.17) is 0 Å². The predicted molar refractivity (Wildman–Crippen MR) is 71.7 cm³/mol. The van der Waals surface area contributed by atoms with E-state index in [1.54, 1.807) is 0 Å².